The molecule has 0 fully saturated rings. The topological polar surface area (TPSA) is 90.8 Å². The average molecular weight is 474 g/mol. The van der Waals surface area contributed by atoms with Crippen molar-refractivity contribution in [1.29, 1.82) is 0 Å². The highest BCUT2D eigenvalue weighted by molar-refractivity contribution is 7.91. The second-order valence-electron chi connectivity index (χ2n) is 6.40. The number of carbonyl (C=O) groups excluding carboxylic acids is 1. The normalized spacial score (nSPS) is 16.0. The number of rotatable bonds is 7. The fraction of sp³-hybridized carbons (Fsp3) is 0.500. The lowest BCUT2D eigenvalue weighted by Crippen LogP contribution is -2.38. The number of amides is 1. The van der Waals surface area contributed by atoms with Crippen molar-refractivity contribution in [3.8, 4) is 0 Å². The van der Waals surface area contributed by atoms with Gasteiger partial charge in [-0.15, -0.1) is 0 Å². The molecule has 0 spiro atoms. The smallest absolute Gasteiger partial charge is 0.301 e. The largest absolute Gasteiger partial charge is 0.402 e. The molecule has 2 heterocycles. The van der Waals surface area contributed by atoms with Crippen molar-refractivity contribution in [3.05, 3.63) is 28.5 Å². The number of halogens is 4. The molecule has 0 bridgehead atoms. The number of hydrogen-bond donors (Lipinski definition) is 1. The molecule has 0 aliphatic carbocycles. The summed E-state index contributed by atoms with van der Waals surface area (Å²) < 4.78 is 60.8. The number of nitrogens with zero attached hydrogens (tertiary/aromatic N) is 3. The number of aromatic nitrogens is 1. The summed E-state index contributed by atoms with van der Waals surface area (Å²) in [6, 6.07) is 0. The first kappa shape index (κ1) is 23.6. The molecule has 2 rings (SSSR count). The fourth-order valence-electron chi connectivity index (χ4n) is 2.70. The lowest BCUT2D eigenvalue weighted by molar-refractivity contribution is -0.121. The molecule has 7 nitrogen and oxygen atoms in total. The molecule has 1 atom stereocenters. The van der Waals surface area contributed by atoms with Gasteiger partial charge in [0, 0.05) is 24.2 Å². The highest BCUT2D eigenvalue weighted by Crippen LogP contribution is 2.37. The number of carbonyl (C=O) groups is 1. The molecule has 0 saturated carbocycles. The number of sulfone groups is 1. The van der Waals surface area contributed by atoms with Gasteiger partial charge in [0.2, 0.25) is 5.91 Å². The van der Waals surface area contributed by atoms with E-state index in [4.69, 9.17) is 11.6 Å². The van der Waals surface area contributed by atoms with Gasteiger partial charge in [-0.25, -0.2) is 13.4 Å². The minimum Gasteiger partial charge on any atom is -0.301 e. The predicted molar refractivity (Wildman–Crippen MR) is 105 cm³/mol. The molecule has 162 valence electrons. The van der Waals surface area contributed by atoms with Crippen molar-refractivity contribution in [1.82, 2.24) is 10.0 Å². The van der Waals surface area contributed by atoms with E-state index in [0.29, 0.717) is 10.6 Å². The van der Waals surface area contributed by atoms with Crippen molar-refractivity contribution >= 4 is 49.3 Å². The minimum absolute atomic E-state index is 0.00508. The first-order valence-electron chi connectivity index (χ1n) is 8.41. The highest BCUT2D eigenvalue weighted by atomic mass is 35.5. The van der Waals surface area contributed by atoms with Gasteiger partial charge in [0.05, 0.1) is 12.3 Å². The van der Waals surface area contributed by atoms with E-state index < -0.39 is 39.3 Å². The third kappa shape index (κ3) is 6.43. The monoisotopic (exact) mass is 473 g/mol. The molecule has 0 aromatic carbocycles. The third-order valence-corrected chi connectivity index (χ3v) is 7.17. The summed E-state index contributed by atoms with van der Waals surface area (Å²) in [6.45, 7) is 3.16. The van der Waals surface area contributed by atoms with Gasteiger partial charge in [-0.3, -0.25) is 15.1 Å². The Morgan fingerprint density at radius 3 is 2.69 bits per heavy atom. The van der Waals surface area contributed by atoms with Gasteiger partial charge in [-0.2, -0.15) is 13.2 Å². The van der Waals surface area contributed by atoms with Gasteiger partial charge in [0.15, 0.2) is 15.0 Å². The molecule has 1 unspecified atom stereocenters. The molecule has 1 N–H and O–H groups in total. The van der Waals surface area contributed by atoms with Crippen LogP contribution in [-0.2, 0) is 14.6 Å². The van der Waals surface area contributed by atoms with Crippen LogP contribution >= 0.6 is 22.9 Å². The van der Waals surface area contributed by atoms with Crippen molar-refractivity contribution in [2.75, 3.05) is 29.5 Å². The van der Waals surface area contributed by atoms with E-state index in [1.807, 2.05) is 0 Å². The Labute approximate surface area is 175 Å². The molecule has 13 heteroatoms. The summed E-state index contributed by atoms with van der Waals surface area (Å²) in [5.41, 5.74) is 0.650. The van der Waals surface area contributed by atoms with E-state index >= 15 is 0 Å². The van der Waals surface area contributed by atoms with Gasteiger partial charge in [-0.05, 0) is 13.0 Å². The Morgan fingerprint density at radius 2 is 2.14 bits per heavy atom. The van der Waals surface area contributed by atoms with Crippen LogP contribution in [0.5, 0.6) is 0 Å². The van der Waals surface area contributed by atoms with Crippen LogP contribution in [0.15, 0.2) is 18.4 Å². The zero-order valence-corrected chi connectivity index (χ0v) is 17.9. The van der Waals surface area contributed by atoms with E-state index in [2.05, 4.69) is 4.98 Å². The lowest BCUT2D eigenvalue weighted by atomic mass is 10.2. The molecule has 1 aromatic heterocycles. The summed E-state index contributed by atoms with van der Waals surface area (Å²) in [6.07, 6.45) is -0.102. The molecular formula is C16H19ClF3N3O4S2. The van der Waals surface area contributed by atoms with Gasteiger partial charge in [0.25, 0.3) is 0 Å². The Bertz CT molecular complexity index is 928. The number of hydroxylamine groups is 2. The summed E-state index contributed by atoms with van der Waals surface area (Å²) in [5, 5.41) is 11.2. The average Bonchev–Trinajstić information content (AvgIpc) is 2.94. The summed E-state index contributed by atoms with van der Waals surface area (Å²) in [7, 11) is -4.50. The van der Waals surface area contributed by atoms with Crippen molar-refractivity contribution < 1.29 is 31.6 Å². The van der Waals surface area contributed by atoms with Gasteiger partial charge >= 0.3 is 6.18 Å². The van der Waals surface area contributed by atoms with Crippen LogP contribution < -0.4 is 4.90 Å². The van der Waals surface area contributed by atoms with Crippen LogP contribution in [-0.4, -0.2) is 60.4 Å². The molecule has 1 aliphatic rings. The maximum Gasteiger partial charge on any atom is 0.402 e. The van der Waals surface area contributed by atoms with Crippen LogP contribution in [0.1, 0.15) is 18.9 Å². The fourth-order valence-corrected chi connectivity index (χ4v) is 5.62. The number of allylic oxidation sites excluding steroid dienone is 2. The summed E-state index contributed by atoms with van der Waals surface area (Å²) in [4.78, 5) is 18.1. The summed E-state index contributed by atoms with van der Waals surface area (Å²) >= 11 is 7.23. The van der Waals surface area contributed by atoms with E-state index in [1.165, 1.54) is 18.0 Å². The maximum atomic E-state index is 12.7. The predicted octanol–water partition coefficient (Wildman–Crippen LogP) is 3.36. The van der Waals surface area contributed by atoms with E-state index in [-0.39, 0.29) is 23.2 Å². The second kappa shape index (κ2) is 9.02. The highest BCUT2D eigenvalue weighted by Gasteiger charge is 2.37. The Morgan fingerprint density at radius 1 is 1.48 bits per heavy atom. The molecular weight excluding hydrogens is 455 g/mol. The Kier molecular flexibility index (Phi) is 7.36. The van der Waals surface area contributed by atoms with Crippen LogP contribution in [0, 0.1) is 5.92 Å². The van der Waals surface area contributed by atoms with Crippen LogP contribution in [0.2, 0.25) is 5.15 Å². The molecule has 0 radical (unpaired) electrons. The SMILES string of the molecule is CCN(C(=O)C(C)CS(=O)(=O)CC(F)(F)F)c1sc(C2=CC=CN(O)C2)nc1Cl. The molecule has 1 aromatic rings. The Balaban J connectivity index is 2.21. The summed E-state index contributed by atoms with van der Waals surface area (Å²) in [5.74, 6) is -4.78. The second-order valence-corrected chi connectivity index (χ2v) is 9.84. The first-order valence-corrected chi connectivity index (χ1v) is 11.4. The number of thiazole rings is 1. The van der Waals surface area contributed by atoms with Crippen LogP contribution in [0.3, 0.4) is 0 Å². The molecule has 1 aliphatic heterocycles. The van der Waals surface area contributed by atoms with Crippen LogP contribution in [0.4, 0.5) is 18.2 Å². The lowest BCUT2D eigenvalue weighted by Gasteiger charge is -2.23. The van der Waals surface area contributed by atoms with E-state index in [0.717, 1.165) is 16.4 Å². The third-order valence-electron chi connectivity index (χ3n) is 3.87. The van der Waals surface area contributed by atoms with Crippen molar-refractivity contribution in [2.45, 2.75) is 20.0 Å². The maximum absolute atomic E-state index is 12.7. The van der Waals surface area contributed by atoms with E-state index in [9.17, 15) is 31.6 Å². The van der Waals surface area contributed by atoms with Gasteiger partial charge < -0.3 is 4.90 Å². The van der Waals surface area contributed by atoms with Crippen molar-refractivity contribution in [3.63, 3.8) is 0 Å². The van der Waals surface area contributed by atoms with Gasteiger partial charge in [0.1, 0.15) is 15.8 Å². The van der Waals surface area contributed by atoms with Gasteiger partial charge in [-0.1, -0.05) is 35.9 Å². The molecule has 29 heavy (non-hydrogen) atoms. The number of alkyl halides is 3. The van der Waals surface area contributed by atoms with E-state index in [1.54, 1.807) is 19.1 Å². The standard InChI is InChI=1S/C16H19ClF3N3O4S2/c1-3-23(14(24)10(2)8-29(26,27)9-16(18,19)20)15-12(17)21-13(28-15)11-5-4-6-22(25)7-11/h4-6,10,25H,3,7-9H2,1-2H3. The quantitative estimate of drug-likeness (QED) is 0.653. The minimum atomic E-state index is -4.87. The molecule has 0 saturated heterocycles. The first-order chi connectivity index (χ1) is 13.3. The van der Waals surface area contributed by atoms with Crippen molar-refractivity contribution in [2.24, 2.45) is 5.92 Å². The zero-order chi connectivity index (χ0) is 22.0. The Hall–Kier alpha value is -1.63. The van der Waals surface area contributed by atoms with Crippen LogP contribution in [0.25, 0.3) is 5.57 Å². The number of anilines is 1. The zero-order valence-electron chi connectivity index (χ0n) is 15.5. The molecule has 1 amide bonds. The number of hydrogen-bond acceptors (Lipinski definition) is 7.